The van der Waals surface area contributed by atoms with Crippen LogP contribution in [0.1, 0.15) is 16.8 Å². The second kappa shape index (κ2) is 10.2. The summed E-state index contributed by atoms with van der Waals surface area (Å²) in [5.74, 6) is 0.209. The quantitative estimate of drug-likeness (QED) is 0.456. The molecule has 7 nitrogen and oxygen atoms in total. The molecular formula is C21H20ClN5O2. The molecule has 0 radical (unpaired) electrons. The number of amides is 1. The number of allylic oxidation sites excluding steroid dienone is 1. The molecule has 1 amide bonds. The number of hydrogen-bond acceptors (Lipinski definition) is 5. The van der Waals surface area contributed by atoms with Gasteiger partial charge in [0.2, 0.25) is 0 Å². The summed E-state index contributed by atoms with van der Waals surface area (Å²) in [6, 6.07) is 15.2. The van der Waals surface area contributed by atoms with E-state index in [-0.39, 0.29) is 12.5 Å². The van der Waals surface area contributed by atoms with Crippen LogP contribution in [0.4, 0.5) is 0 Å². The zero-order valence-corrected chi connectivity index (χ0v) is 16.6. The van der Waals surface area contributed by atoms with Crippen LogP contribution < -0.4 is 10.2 Å². The lowest BCUT2D eigenvalue weighted by Crippen LogP contribution is -2.24. The Hall–Kier alpha value is -3.45. The molecule has 3 aromatic rings. The molecule has 2 aromatic carbocycles. The summed E-state index contributed by atoms with van der Waals surface area (Å²) in [5.41, 5.74) is 5.11. The van der Waals surface area contributed by atoms with Gasteiger partial charge in [-0.25, -0.2) is 10.1 Å². The Kier molecular flexibility index (Phi) is 7.13. The normalized spacial score (nSPS) is 11.2. The molecule has 1 aromatic heterocycles. The van der Waals surface area contributed by atoms with Crippen LogP contribution in [0.3, 0.4) is 0 Å². The number of hydrogen-bond donors (Lipinski definition) is 1. The molecule has 0 bridgehead atoms. The maximum absolute atomic E-state index is 11.8. The topological polar surface area (TPSA) is 81.4 Å². The molecular weight excluding hydrogens is 390 g/mol. The third kappa shape index (κ3) is 6.58. The Bertz CT molecular complexity index is 1010. The minimum atomic E-state index is -0.365. The van der Waals surface area contributed by atoms with Crippen molar-refractivity contribution in [3.8, 4) is 5.75 Å². The Labute approximate surface area is 173 Å². The minimum Gasteiger partial charge on any atom is -0.484 e. The number of nitrogens with zero attached hydrogens (tertiary/aromatic N) is 4. The van der Waals surface area contributed by atoms with E-state index < -0.39 is 0 Å². The molecule has 0 saturated carbocycles. The molecule has 29 heavy (non-hydrogen) atoms. The molecule has 1 heterocycles. The highest BCUT2D eigenvalue weighted by Gasteiger charge is 2.03. The molecule has 0 aliphatic heterocycles. The summed E-state index contributed by atoms with van der Waals surface area (Å²) in [6.07, 6.45) is 6.70. The number of rotatable bonds is 8. The summed E-state index contributed by atoms with van der Waals surface area (Å²) in [6.45, 7) is 2.38. The zero-order valence-electron chi connectivity index (χ0n) is 15.8. The van der Waals surface area contributed by atoms with Gasteiger partial charge in [0.05, 0.1) is 12.7 Å². The second-order valence-corrected chi connectivity index (χ2v) is 6.61. The maximum Gasteiger partial charge on any atom is 0.277 e. The van der Waals surface area contributed by atoms with E-state index in [9.17, 15) is 4.79 Å². The van der Waals surface area contributed by atoms with E-state index in [1.54, 1.807) is 35.0 Å². The fourth-order valence-corrected chi connectivity index (χ4v) is 2.54. The third-order valence-corrected chi connectivity index (χ3v) is 4.28. The van der Waals surface area contributed by atoms with E-state index in [0.29, 0.717) is 23.0 Å². The van der Waals surface area contributed by atoms with Crippen LogP contribution in [0.15, 0.2) is 65.9 Å². The van der Waals surface area contributed by atoms with Gasteiger partial charge in [0, 0.05) is 11.2 Å². The SMILES string of the molecule is Cc1cc(OCC(=O)N/N=C\C=C\c2cn(Cc3ccccc3)nn2)ccc1Cl. The van der Waals surface area contributed by atoms with Crippen molar-refractivity contribution >= 4 is 29.8 Å². The lowest BCUT2D eigenvalue weighted by atomic mass is 10.2. The van der Waals surface area contributed by atoms with Gasteiger partial charge in [0.25, 0.3) is 5.91 Å². The molecule has 0 atom stereocenters. The van der Waals surface area contributed by atoms with Crippen molar-refractivity contribution in [2.24, 2.45) is 5.10 Å². The van der Waals surface area contributed by atoms with E-state index in [2.05, 4.69) is 20.8 Å². The summed E-state index contributed by atoms with van der Waals surface area (Å²) in [4.78, 5) is 11.8. The molecule has 148 valence electrons. The number of aryl methyl sites for hydroxylation is 1. The number of nitrogens with one attached hydrogen (secondary N) is 1. The van der Waals surface area contributed by atoms with Crippen molar-refractivity contribution in [3.05, 3.63) is 82.6 Å². The average Bonchev–Trinajstić information content (AvgIpc) is 3.16. The van der Waals surface area contributed by atoms with Gasteiger partial charge in [-0.1, -0.05) is 47.1 Å². The first-order valence-corrected chi connectivity index (χ1v) is 9.29. The predicted octanol–water partition coefficient (Wildman–Crippen LogP) is 3.48. The van der Waals surface area contributed by atoms with E-state index in [4.69, 9.17) is 16.3 Å². The van der Waals surface area contributed by atoms with Gasteiger partial charge in [-0.3, -0.25) is 4.79 Å². The molecule has 3 rings (SSSR count). The molecule has 0 saturated heterocycles. The fraction of sp³-hybridized carbons (Fsp3) is 0.143. The smallest absolute Gasteiger partial charge is 0.277 e. The predicted molar refractivity (Wildman–Crippen MR) is 113 cm³/mol. The van der Waals surface area contributed by atoms with Crippen LogP contribution >= 0.6 is 11.6 Å². The average molecular weight is 410 g/mol. The van der Waals surface area contributed by atoms with Gasteiger partial charge in [0.1, 0.15) is 11.4 Å². The lowest BCUT2D eigenvalue weighted by Gasteiger charge is -2.06. The monoisotopic (exact) mass is 409 g/mol. The molecule has 1 N–H and O–H groups in total. The van der Waals surface area contributed by atoms with Crippen molar-refractivity contribution in [2.75, 3.05) is 6.61 Å². The number of halogens is 1. The van der Waals surface area contributed by atoms with Crippen LogP contribution in [-0.2, 0) is 11.3 Å². The first-order valence-electron chi connectivity index (χ1n) is 8.92. The number of ether oxygens (including phenoxy) is 1. The standard InChI is InChI=1S/C21H20ClN5O2/c1-16-12-19(9-10-20(16)22)29-15-21(28)25-23-11-5-8-18-14-27(26-24-18)13-17-6-3-2-4-7-17/h2-12,14H,13,15H2,1H3,(H,25,28)/b8-5+,23-11-. The van der Waals surface area contributed by atoms with Crippen molar-refractivity contribution in [2.45, 2.75) is 13.5 Å². The fourth-order valence-electron chi connectivity index (χ4n) is 2.42. The number of hydrazone groups is 1. The van der Waals surface area contributed by atoms with Gasteiger partial charge in [0.15, 0.2) is 6.61 Å². The second-order valence-electron chi connectivity index (χ2n) is 6.20. The van der Waals surface area contributed by atoms with Crippen molar-refractivity contribution in [1.29, 1.82) is 0 Å². The first kappa shape index (κ1) is 20.3. The summed E-state index contributed by atoms with van der Waals surface area (Å²) in [5, 5.41) is 12.6. The molecule has 0 unspecified atom stereocenters. The maximum atomic E-state index is 11.8. The highest BCUT2D eigenvalue weighted by molar-refractivity contribution is 6.31. The molecule has 0 spiro atoms. The zero-order chi connectivity index (χ0) is 20.5. The Morgan fingerprint density at radius 2 is 2.10 bits per heavy atom. The van der Waals surface area contributed by atoms with Crippen molar-refractivity contribution in [1.82, 2.24) is 20.4 Å². The van der Waals surface area contributed by atoms with E-state index in [1.165, 1.54) is 6.21 Å². The summed E-state index contributed by atoms with van der Waals surface area (Å²) < 4.78 is 7.15. The van der Waals surface area contributed by atoms with Gasteiger partial charge >= 0.3 is 0 Å². The third-order valence-electron chi connectivity index (χ3n) is 3.86. The number of carbonyl (C=O) groups excluding carboxylic acids is 1. The minimum absolute atomic E-state index is 0.143. The van der Waals surface area contributed by atoms with E-state index in [0.717, 1.165) is 11.1 Å². The molecule has 0 aliphatic rings. The Morgan fingerprint density at radius 1 is 1.28 bits per heavy atom. The molecule has 0 fully saturated rings. The van der Waals surface area contributed by atoms with Crippen molar-refractivity contribution in [3.63, 3.8) is 0 Å². The van der Waals surface area contributed by atoms with Gasteiger partial charge in [-0.05, 0) is 48.4 Å². The lowest BCUT2D eigenvalue weighted by molar-refractivity contribution is -0.123. The number of aromatic nitrogens is 3. The van der Waals surface area contributed by atoms with Gasteiger partial charge < -0.3 is 4.74 Å². The van der Waals surface area contributed by atoms with Crippen LogP contribution in [0.25, 0.3) is 6.08 Å². The van der Waals surface area contributed by atoms with Crippen molar-refractivity contribution < 1.29 is 9.53 Å². The number of benzene rings is 2. The molecule has 0 aliphatic carbocycles. The Morgan fingerprint density at radius 3 is 2.90 bits per heavy atom. The van der Waals surface area contributed by atoms with E-state index in [1.807, 2.05) is 43.5 Å². The van der Waals surface area contributed by atoms with Crippen LogP contribution in [0, 0.1) is 6.92 Å². The largest absolute Gasteiger partial charge is 0.484 e. The first-order chi connectivity index (χ1) is 14.1. The summed E-state index contributed by atoms with van der Waals surface area (Å²) >= 11 is 5.95. The van der Waals surface area contributed by atoms with Gasteiger partial charge in [-0.2, -0.15) is 5.10 Å². The van der Waals surface area contributed by atoms with Crippen LogP contribution in [0.5, 0.6) is 5.75 Å². The van der Waals surface area contributed by atoms with E-state index >= 15 is 0 Å². The van der Waals surface area contributed by atoms with Crippen LogP contribution in [0.2, 0.25) is 5.02 Å². The van der Waals surface area contributed by atoms with Crippen LogP contribution in [-0.4, -0.2) is 33.7 Å². The summed E-state index contributed by atoms with van der Waals surface area (Å²) in [7, 11) is 0. The highest BCUT2D eigenvalue weighted by atomic mass is 35.5. The number of carbonyl (C=O) groups is 1. The van der Waals surface area contributed by atoms with Gasteiger partial charge in [-0.15, -0.1) is 5.10 Å². The Balaban J connectivity index is 1.41. The highest BCUT2D eigenvalue weighted by Crippen LogP contribution is 2.20. The molecule has 8 heteroatoms.